The average molecular weight is 387 g/mol. The van der Waals surface area contributed by atoms with Gasteiger partial charge in [-0.25, -0.2) is 4.98 Å². The lowest BCUT2D eigenvalue weighted by molar-refractivity contribution is 0.102. The summed E-state index contributed by atoms with van der Waals surface area (Å²) >= 11 is 6.02. The molecule has 0 atom stereocenters. The first-order chi connectivity index (χ1) is 13.5. The van der Waals surface area contributed by atoms with E-state index in [-0.39, 0.29) is 5.91 Å². The van der Waals surface area contributed by atoms with Gasteiger partial charge in [0, 0.05) is 21.7 Å². The lowest BCUT2D eigenvalue weighted by atomic mass is 10.0. The van der Waals surface area contributed by atoms with E-state index >= 15 is 0 Å². The molecular formula is C24H19ClN2O. The predicted octanol–water partition coefficient (Wildman–Crippen LogP) is 6.42. The molecule has 1 N–H and O–H groups in total. The number of nitrogens with one attached hydrogen (secondary N) is 1. The van der Waals surface area contributed by atoms with Gasteiger partial charge in [-0.2, -0.15) is 0 Å². The number of rotatable bonds is 3. The number of fused-ring (bicyclic) bond motifs is 1. The zero-order chi connectivity index (χ0) is 19.7. The van der Waals surface area contributed by atoms with Crippen LogP contribution >= 0.6 is 11.6 Å². The Morgan fingerprint density at radius 2 is 1.64 bits per heavy atom. The normalized spacial score (nSPS) is 10.8. The number of halogens is 1. The molecule has 0 radical (unpaired) electrons. The van der Waals surface area contributed by atoms with Crippen LogP contribution in [-0.4, -0.2) is 10.9 Å². The van der Waals surface area contributed by atoms with E-state index in [9.17, 15) is 4.79 Å². The van der Waals surface area contributed by atoms with Gasteiger partial charge in [0.25, 0.3) is 5.91 Å². The van der Waals surface area contributed by atoms with Gasteiger partial charge in [-0.1, -0.05) is 59.6 Å². The highest BCUT2D eigenvalue weighted by Crippen LogP contribution is 2.28. The number of hydrogen-bond donors (Lipinski definition) is 1. The molecule has 0 bridgehead atoms. The van der Waals surface area contributed by atoms with Crippen molar-refractivity contribution in [3.63, 3.8) is 0 Å². The first kappa shape index (κ1) is 18.2. The molecule has 0 aliphatic rings. The second-order valence-corrected chi connectivity index (χ2v) is 7.29. The second kappa shape index (κ2) is 7.45. The van der Waals surface area contributed by atoms with E-state index in [0.717, 1.165) is 39.0 Å². The highest BCUT2D eigenvalue weighted by molar-refractivity contribution is 6.30. The van der Waals surface area contributed by atoms with Gasteiger partial charge in [0.15, 0.2) is 0 Å². The molecule has 1 amide bonds. The summed E-state index contributed by atoms with van der Waals surface area (Å²) in [6.45, 7) is 4.02. The molecule has 4 rings (SSSR count). The van der Waals surface area contributed by atoms with E-state index < -0.39 is 0 Å². The second-order valence-electron chi connectivity index (χ2n) is 6.85. The number of carbonyl (C=O) groups excluding carboxylic acids is 1. The summed E-state index contributed by atoms with van der Waals surface area (Å²) in [6, 6.07) is 23.0. The molecule has 1 heterocycles. The monoisotopic (exact) mass is 386 g/mol. The Kier molecular flexibility index (Phi) is 4.84. The molecule has 28 heavy (non-hydrogen) atoms. The molecule has 0 unspecified atom stereocenters. The fourth-order valence-electron chi connectivity index (χ4n) is 3.18. The number of aryl methyl sites for hydroxylation is 2. The number of nitrogens with zero attached hydrogens (tertiary/aromatic N) is 1. The van der Waals surface area contributed by atoms with Crippen molar-refractivity contribution in [2.75, 3.05) is 5.32 Å². The molecule has 1 aromatic heterocycles. The lowest BCUT2D eigenvalue weighted by Gasteiger charge is -2.12. The number of aromatic nitrogens is 1. The Balaban J connectivity index is 1.83. The molecule has 0 spiro atoms. The topological polar surface area (TPSA) is 42.0 Å². The zero-order valence-electron chi connectivity index (χ0n) is 15.7. The molecule has 3 nitrogen and oxygen atoms in total. The van der Waals surface area contributed by atoms with Crippen molar-refractivity contribution in [2.24, 2.45) is 0 Å². The van der Waals surface area contributed by atoms with Crippen molar-refractivity contribution < 1.29 is 4.79 Å². The van der Waals surface area contributed by atoms with Gasteiger partial charge in [0.05, 0.1) is 16.8 Å². The van der Waals surface area contributed by atoms with Crippen molar-refractivity contribution in [1.82, 2.24) is 4.98 Å². The molecule has 4 aromatic rings. The van der Waals surface area contributed by atoms with E-state index in [1.165, 1.54) is 0 Å². The smallest absolute Gasteiger partial charge is 0.256 e. The third kappa shape index (κ3) is 3.62. The maximum Gasteiger partial charge on any atom is 0.256 e. The Morgan fingerprint density at radius 3 is 2.36 bits per heavy atom. The van der Waals surface area contributed by atoms with Crippen molar-refractivity contribution in [2.45, 2.75) is 13.8 Å². The van der Waals surface area contributed by atoms with Crippen LogP contribution in [0.3, 0.4) is 0 Å². The third-order valence-electron chi connectivity index (χ3n) is 4.74. The van der Waals surface area contributed by atoms with Crippen LogP contribution in [0, 0.1) is 13.8 Å². The van der Waals surface area contributed by atoms with Crippen molar-refractivity contribution in [3.8, 4) is 11.3 Å². The molecular weight excluding hydrogens is 368 g/mol. The highest BCUT2D eigenvalue weighted by atomic mass is 35.5. The first-order valence-corrected chi connectivity index (χ1v) is 9.43. The first-order valence-electron chi connectivity index (χ1n) is 9.05. The number of amides is 1. The van der Waals surface area contributed by atoms with Crippen LogP contribution in [0.1, 0.15) is 21.5 Å². The van der Waals surface area contributed by atoms with E-state index in [2.05, 4.69) is 5.32 Å². The molecule has 0 aliphatic heterocycles. The summed E-state index contributed by atoms with van der Waals surface area (Å²) in [6.07, 6.45) is 0. The maximum atomic E-state index is 13.1. The molecule has 4 heteroatoms. The van der Waals surface area contributed by atoms with Crippen LogP contribution in [-0.2, 0) is 0 Å². The number of hydrogen-bond acceptors (Lipinski definition) is 2. The van der Waals surface area contributed by atoms with Gasteiger partial charge in [0.2, 0.25) is 0 Å². The predicted molar refractivity (Wildman–Crippen MR) is 116 cm³/mol. The van der Waals surface area contributed by atoms with Crippen LogP contribution in [0.5, 0.6) is 0 Å². The summed E-state index contributed by atoms with van der Waals surface area (Å²) in [7, 11) is 0. The molecule has 3 aromatic carbocycles. The Labute approximate surface area is 169 Å². The zero-order valence-corrected chi connectivity index (χ0v) is 16.4. The fraction of sp³-hybridized carbons (Fsp3) is 0.0833. The van der Waals surface area contributed by atoms with Crippen molar-refractivity contribution in [1.29, 1.82) is 0 Å². The van der Waals surface area contributed by atoms with Crippen LogP contribution in [0.15, 0.2) is 72.8 Å². The minimum absolute atomic E-state index is 0.155. The standard InChI is InChI=1S/C24H19ClN2O/c1-15-6-12-19(13-7-15)26-24(28)21-14-22(17-8-10-18(25)11-9-17)27-23-16(2)4-3-5-20(21)23/h3-14H,1-2H3,(H,26,28). The van der Waals surface area contributed by atoms with Gasteiger partial charge in [-0.3, -0.25) is 4.79 Å². The summed E-state index contributed by atoms with van der Waals surface area (Å²) < 4.78 is 0. The SMILES string of the molecule is Cc1ccc(NC(=O)c2cc(-c3ccc(Cl)cc3)nc3c(C)cccc23)cc1. The van der Waals surface area contributed by atoms with E-state index in [1.807, 2.05) is 86.6 Å². The maximum absolute atomic E-state index is 13.1. The number of anilines is 1. The summed E-state index contributed by atoms with van der Waals surface area (Å²) in [5.41, 5.74) is 6.02. The van der Waals surface area contributed by atoms with Gasteiger partial charge in [-0.15, -0.1) is 0 Å². The Hall–Kier alpha value is -3.17. The molecule has 138 valence electrons. The molecule has 0 aliphatic carbocycles. The van der Waals surface area contributed by atoms with Gasteiger partial charge in [-0.05, 0) is 49.7 Å². The summed E-state index contributed by atoms with van der Waals surface area (Å²) in [5.74, 6) is -0.155. The van der Waals surface area contributed by atoms with Crippen molar-refractivity contribution >= 4 is 34.1 Å². The third-order valence-corrected chi connectivity index (χ3v) is 4.99. The van der Waals surface area contributed by atoms with E-state index in [0.29, 0.717) is 10.6 Å². The van der Waals surface area contributed by atoms with Crippen LogP contribution in [0.25, 0.3) is 22.2 Å². The minimum atomic E-state index is -0.155. The number of para-hydroxylation sites is 1. The molecule has 0 saturated heterocycles. The Bertz CT molecular complexity index is 1170. The quantitative estimate of drug-likeness (QED) is 0.441. The van der Waals surface area contributed by atoms with Crippen LogP contribution in [0.4, 0.5) is 5.69 Å². The molecule has 0 fully saturated rings. The lowest BCUT2D eigenvalue weighted by Crippen LogP contribution is -2.13. The largest absolute Gasteiger partial charge is 0.322 e. The highest BCUT2D eigenvalue weighted by Gasteiger charge is 2.15. The van der Waals surface area contributed by atoms with Gasteiger partial charge < -0.3 is 5.32 Å². The average Bonchev–Trinajstić information content (AvgIpc) is 2.70. The minimum Gasteiger partial charge on any atom is -0.322 e. The van der Waals surface area contributed by atoms with Crippen LogP contribution < -0.4 is 5.32 Å². The van der Waals surface area contributed by atoms with Crippen molar-refractivity contribution in [3.05, 3.63) is 94.5 Å². The van der Waals surface area contributed by atoms with E-state index in [4.69, 9.17) is 16.6 Å². The fourth-order valence-corrected chi connectivity index (χ4v) is 3.31. The number of benzene rings is 3. The summed E-state index contributed by atoms with van der Waals surface area (Å²) in [5, 5.41) is 4.50. The number of carbonyl (C=O) groups is 1. The summed E-state index contributed by atoms with van der Waals surface area (Å²) in [4.78, 5) is 17.9. The Morgan fingerprint density at radius 1 is 0.929 bits per heavy atom. The van der Waals surface area contributed by atoms with Gasteiger partial charge >= 0.3 is 0 Å². The van der Waals surface area contributed by atoms with E-state index in [1.54, 1.807) is 0 Å². The molecule has 0 saturated carbocycles. The van der Waals surface area contributed by atoms with Crippen LogP contribution in [0.2, 0.25) is 5.02 Å². The van der Waals surface area contributed by atoms with Gasteiger partial charge in [0.1, 0.15) is 0 Å². The number of pyridine rings is 1.